The molecule has 2 aromatic carbocycles. The second kappa shape index (κ2) is 8.52. The summed E-state index contributed by atoms with van der Waals surface area (Å²) in [7, 11) is 0. The van der Waals surface area contributed by atoms with Crippen molar-refractivity contribution in [3.8, 4) is 11.5 Å². The van der Waals surface area contributed by atoms with Crippen LogP contribution in [0.4, 0.5) is 11.4 Å². The van der Waals surface area contributed by atoms with Crippen LogP contribution in [0, 0.1) is 21.9 Å². The summed E-state index contributed by atoms with van der Waals surface area (Å²) in [6, 6.07) is 11.0. The molecular weight excluding hydrogens is 400 g/mol. The van der Waals surface area contributed by atoms with Crippen LogP contribution in [0.1, 0.15) is 11.5 Å². The summed E-state index contributed by atoms with van der Waals surface area (Å²) in [5, 5.41) is 26.9. The monoisotopic (exact) mass is 416 g/mol. The van der Waals surface area contributed by atoms with Gasteiger partial charge in [0, 0.05) is 11.8 Å². The lowest BCUT2D eigenvalue weighted by atomic mass is 10.2. The van der Waals surface area contributed by atoms with Crippen LogP contribution in [0.2, 0.25) is 0 Å². The van der Waals surface area contributed by atoms with Crippen molar-refractivity contribution in [2.45, 2.75) is 20.1 Å². The van der Waals surface area contributed by atoms with Gasteiger partial charge in [-0.2, -0.15) is 0 Å². The van der Waals surface area contributed by atoms with Gasteiger partial charge in [-0.05, 0) is 49.0 Å². The number of phenols is 1. The molecule has 0 fully saturated rings. The van der Waals surface area contributed by atoms with E-state index in [1.165, 1.54) is 10.7 Å². The number of benzene rings is 2. The maximum Gasteiger partial charge on any atom is 0.312 e. The van der Waals surface area contributed by atoms with Crippen molar-refractivity contribution < 1.29 is 24.0 Å². The van der Waals surface area contributed by atoms with Crippen molar-refractivity contribution in [3.05, 3.63) is 68.9 Å². The number of aromatic nitrogens is 2. The van der Waals surface area contributed by atoms with E-state index in [9.17, 15) is 20.0 Å². The third-order valence-corrected chi connectivity index (χ3v) is 4.04. The van der Waals surface area contributed by atoms with E-state index in [1.54, 1.807) is 6.07 Å². The number of ether oxygens (including phenoxy) is 1. The average molecular weight is 416 g/mol. The summed E-state index contributed by atoms with van der Waals surface area (Å²) < 4.78 is 12.1. The molecule has 0 aliphatic heterocycles. The van der Waals surface area contributed by atoms with Gasteiger partial charge < -0.3 is 19.6 Å². The first kappa shape index (κ1) is 20.0. The van der Waals surface area contributed by atoms with Crippen LogP contribution in [0.5, 0.6) is 11.5 Å². The predicted molar refractivity (Wildman–Crippen MR) is 104 cm³/mol. The quantitative estimate of drug-likeness (QED) is 0.259. The molecule has 3 rings (SSSR count). The first-order chi connectivity index (χ1) is 13.8. The fourth-order valence-corrected chi connectivity index (χ4v) is 2.64. The van der Waals surface area contributed by atoms with Crippen LogP contribution in [0.25, 0.3) is 0 Å². The Bertz CT molecular complexity index is 1120. The standard InChI is InChI=1S/C18H16N4O6S/c1-11-3-2-4-13(7-11)27-10-17-20-21(18(29)28-17)9-16(24)19-12-5-6-15(23)14(8-12)22(25)26/h2-8,23H,9-10H2,1H3,(H,19,24). The van der Waals surface area contributed by atoms with Gasteiger partial charge in [0.2, 0.25) is 5.91 Å². The molecule has 0 unspecified atom stereocenters. The first-order valence-electron chi connectivity index (χ1n) is 8.35. The molecule has 29 heavy (non-hydrogen) atoms. The summed E-state index contributed by atoms with van der Waals surface area (Å²) in [5.74, 6) is -0.178. The van der Waals surface area contributed by atoms with Gasteiger partial charge >= 0.3 is 5.69 Å². The average Bonchev–Trinajstić information content (AvgIpc) is 3.01. The van der Waals surface area contributed by atoms with Crippen molar-refractivity contribution in [3.63, 3.8) is 0 Å². The number of aromatic hydroxyl groups is 1. The Morgan fingerprint density at radius 3 is 2.90 bits per heavy atom. The van der Waals surface area contributed by atoms with Gasteiger partial charge in [0.15, 0.2) is 12.4 Å². The van der Waals surface area contributed by atoms with Crippen molar-refractivity contribution in [2.24, 2.45) is 0 Å². The third kappa shape index (κ3) is 5.17. The number of amides is 1. The number of nitrogens with zero attached hydrogens (tertiary/aromatic N) is 3. The second-order valence-electron chi connectivity index (χ2n) is 6.03. The Morgan fingerprint density at radius 2 is 2.17 bits per heavy atom. The number of hydrogen-bond acceptors (Lipinski definition) is 8. The molecule has 0 bridgehead atoms. The van der Waals surface area contributed by atoms with E-state index < -0.39 is 22.3 Å². The number of carbonyl (C=O) groups is 1. The molecule has 0 aliphatic rings. The molecule has 0 radical (unpaired) electrons. The van der Waals surface area contributed by atoms with Gasteiger partial charge in [-0.3, -0.25) is 14.9 Å². The van der Waals surface area contributed by atoms with Crippen LogP contribution >= 0.6 is 12.2 Å². The van der Waals surface area contributed by atoms with Crippen molar-refractivity contribution in [1.82, 2.24) is 9.78 Å². The second-order valence-corrected chi connectivity index (χ2v) is 6.38. The lowest BCUT2D eigenvalue weighted by molar-refractivity contribution is -0.385. The molecule has 2 N–H and O–H groups in total. The SMILES string of the molecule is Cc1cccc(OCc2nn(CC(=O)Nc3ccc(O)c([N+](=O)[O-])c3)c(=S)o2)c1. The molecular formula is C18H16N4O6S. The van der Waals surface area contributed by atoms with Crippen molar-refractivity contribution in [2.75, 3.05) is 5.32 Å². The highest BCUT2D eigenvalue weighted by atomic mass is 32.1. The smallest absolute Gasteiger partial charge is 0.312 e. The molecule has 1 aromatic heterocycles. The lowest BCUT2D eigenvalue weighted by Crippen LogP contribution is -2.19. The van der Waals surface area contributed by atoms with Crippen LogP contribution in [0.3, 0.4) is 0 Å². The number of hydrogen-bond donors (Lipinski definition) is 2. The molecule has 1 amide bonds. The Labute approximate surface area is 169 Å². The van der Waals surface area contributed by atoms with Gasteiger partial charge in [0.1, 0.15) is 12.3 Å². The zero-order chi connectivity index (χ0) is 21.0. The van der Waals surface area contributed by atoms with Crippen LogP contribution < -0.4 is 10.1 Å². The fourth-order valence-electron chi connectivity index (χ4n) is 2.44. The van der Waals surface area contributed by atoms with E-state index in [1.807, 2.05) is 25.1 Å². The molecule has 10 nitrogen and oxygen atoms in total. The Hall–Kier alpha value is -3.73. The highest BCUT2D eigenvalue weighted by Gasteiger charge is 2.16. The van der Waals surface area contributed by atoms with Crippen LogP contribution in [-0.2, 0) is 17.9 Å². The highest BCUT2D eigenvalue weighted by molar-refractivity contribution is 7.71. The largest absolute Gasteiger partial charge is 0.502 e. The van der Waals surface area contributed by atoms with Crippen molar-refractivity contribution >= 4 is 29.5 Å². The van der Waals surface area contributed by atoms with E-state index in [0.29, 0.717) is 5.75 Å². The number of aryl methyl sites for hydroxylation is 1. The first-order valence-corrected chi connectivity index (χ1v) is 8.76. The molecule has 3 aromatic rings. The fraction of sp³-hybridized carbons (Fsp3) is 0.167. The summed E-state index contributed by atoms with van der Waals surface area (Å²) in [5.41, 5.74) is 0.675. The van der Waals surface area contributed by atoms with Gasteiger partial charge in [0.05, 0.1) is 4.92 Å². The van der Waals surface area contributed by atoms with E-state index in [4.69, 9.17) is 21.4 Å². The minimum atomic E-state index is -0.751. The van der Waals surface area contributed by atoms with Gasteiger partial charge in [0.25, 0.3) is 10.7 Å². The number of anilines is 1. The van der Waals surface area contributed by atoms with E-state index in [-0.39, 0.29) is 29.6 Å². The molecule has 0 spiro atoms. The summed E-state index contributed by atoms with van der Waals surface area (Å²) in [4.78, 5) is 22.3. The minimum absolute atomic E-state index is 0.0142. The lowest BCUT2D eigenvalue weighted by Gasteiger charge is -2.05. The summed E-state index contributed by atoms with van der Waals surface area (Å²) >= 11 is 5.06. The molecule has 1 heterocycles. The number of nitrogens with one attached hydrogen (secondary N) is 1. The van der Waals surface area contributed by atoms with Crippen molar-refractivity contribution in [1.29, 1.82) is 0 Å². The number of nitro benzene ring substituents is 1. The highest BCUT2D eigenvalue weighted by Crippen LogP contribution is 2.28. The maximum absolute atomic E-state index is 12.2. The zero-order valence-corrected chi connectivity index (χ0v) is 16.0. The summed E-state index contributed by atoms with van der Waals surface area (Å²) in [6.07, 6.45) is 0. The minimum Gasteiger partial charge on any atom is -0.502 e. The topological polar surface area (TPSA) is 133 Å². The number of phenolic OH excluding ortho intramolecular Hbond substituents is 1. The number of nitro groups is 1. The third-order valence-electron chi connectivity index (χ3n) is 3.75. The van der Waals surface area contributed by atoms with Gasteiger partial charge in [-0.15, -0.1) is 5.10 Å². The number of rotatable bonds is 7. The van der Waals surface area contributed by atoms with E-state index in [0.717, 1.165) is 17.7 Å². The molecule has 0 saturated heterocycles. The van der Waals surface area contributed by atoms with Gasteiger partial charge in [-0.25, -0.2) is 4.68 Å². The Kier molecular flexibility index (Phi) is 5.88. The molecule has 0 atom stereocenters. The zero-order valence-electron chi connectivity index (χ0n) is 15.2. The molecule has 0 saturated carbocycles. The van der Waals surface area contributed by atoms with E-state index in [2.05, 4.69) is 10.4 Å². The predicted octanol–water partition coefficient (Wildman–Crippen LogP) is 3.35. The molecule has 150 valence electrons. The van der Waals surface area contributed by atoms with Crippen LogP contribution in [0.15, 0.2) is 46.9 Å². The number of carbonyl (C=O) groups excluding carboxylic acids is 1. The Morgan fingerprint density at radius 1 is 1.38 bits per heavy atom. The maximum atomic E-state index is 12.2. The molecule has 0 aliphatic carbocycles. The summed E-state index contributed by atoms with van der Waals surface area (Å²) in [6.45, 7) is 1.71. The normalized spacial score (nSPS) is 10.5. The molecule has 11 heteroatoms. The Balaban J connectivity index is 1.63. The van der Waals surface area contributed by atoms with Crippen LogP contribution in [-0.4, -0.2) is 25.7 Å². The van der Waals surface area contributed by atoms with Gasteiger partial charge in [-0.1, -0.05) is 12.1 Å². The van der Waals surface area contributed by atoms with E-state index >= 15 is 0 Å².